The molecule has 106 valence electrons. The lowest BCUT2D eigenvalue weighted by molar-refractivity contribution is 0.748. The van der Waals surface area contributed by atoms with Crippen LogP contribution in [0, 0.1) is 6.92 Å². The molecule has 1 nitrogen and oxygen atoms in total. The van der Waals surface area contributed by atoms with Gasteiger partial charge in [-0.25, -0.2) is 0 Å². The van der Waals surface area contributed by atoms with Crippen LogP contribution < -0.4 is 5.32 Å². The molecule has 0 aliphatic heterocycles. The van der Waals surface area contributed by atoms with Crippen LogP contribution >= 0.6 is 43.5 Å². The number of halogens is 3. The zero-order valence-corrected chi connectivity index (χ0v) is 15.3. The average Bonchev–Trinajstić information content (AvgIpc) is 2.42. The van der Waals surface area contributed by atoms with Gasteiger partial charge in [0.2, 0.25) is 0 Å². The van der Waals surface area contributed by atoms with Crippen molar-refractivity contribution in [3.8, 4) is 0 Å². The SMILES string of the molecule is CCC(Nc1cc(Cl)c(C)cc1Br)c1ccc(Br)cc1. The van der Waals surface area contributed by atoms with Crippen molar-refractivity contribution >= 4 is 49.1 Å². The van der Waals surface area contributed by atoms with Crippen molar-refractivity contribution in [1.82, 2.24) is 0 Å². The van der Waals surface area contributed by atoms with Crippen LogP contribution in [0.15, 0.2) is 45.3 Å². The maximum Gasteiger partial charge on any atom is 0.0511 e. The van der Waals surface area contributed by atoms with E-state index >= 15 is 0 Å². The van der Waals surface area contributed by atoms with Gasteiger partial charge in [0.15, 0.2) is 0 Å². The Labute approximate surface area is 142 Å². The van der Waals surface area contributed by atoms with Crippen molar-refractivity contribution in [2.45, 2.75) is 26.3 Å². The number of anilines is 1. The molecule has 0 fully saturated rings. The van der Waals surface area contributed by atoms with Crippen LogP contribution in [0.4, 0.5) is 5.69 Å². The Hall–Kier alpha value is -0.510. The molecule has 0 saturated carbocycles. The van der Waals surface area contributed by atoms with E-state index in [2.05, 4.69) is 68.4 Å². The smallest absolute Gasteiger partial charge is 0.0511 e. The maximum absolute atomic E-state index is 6.21. The summed E-state index contributed by atoms with van der Waals surface area (Å²) >= 11 is 13.3. The topological polar surface area (TPSA) is 12.0 Å². The molecule has 0 amide bonds. The predicted octanol–water partition coefficient (Wildman–Crippen LogP) is 6.74. The van der Waals surface area contributed by atoms with Crippen LogP contribution in [-0.4, -0.2) is 0 Å². The molecule has 0 aromatic heterocycles. The molecule has 0 bridgehead atoms. The molecule has 20 heavy (non-hydrogen) atoms. The third-order valence-electron chi connectivity index (χ3n) is 3.26. The molecule has 1 unspecified atom stereocenters. The largest absolute Gasteiger partial charge is 0.377 e. The minimum absolute atomic E-state index is 0.262. The van der Waals surface area contributed by atoms with Crippen molar-refractivity contribution in [1.29, 1.82) is 0 Å². The second kappa shape index (κ2) is 6.97. The molecule has 2 rings (SSSR count). The van der Waals surface area contributed by atoms with Crippen LogP contribution in [0.5, 0.6) is 0 Å². The standard InChI is InChI=1S/C16H16Br2ClN/c1-3-15(11-4-6-12(17)7-5-11)20-16-9-14(19)10(2)8-13(16)18/h4-9,15,20H,3H2,1-2H3. The van der Waals surface area contributed by atoms with Gasteiger partial charge >= 0.3 is 0 Å². The summed E-state index contributed by atoms with van der Waals surface area (Å²) in [5.41, 5.74) is 3.36. The van der Waals surface area contributed by atoms with Gasteiger partial charge in [-0.2, -0.15) is 0 Å². The lowest BCUT2D eigenvalue weighted by Crippen LogP contribution is -2.10. The zero-order valence-electron chi connectivity index (χ0n) is 11.4. The first-order valence-electron chi connectivity index (χ1n) is 6.49. The van der Waals surface area contributed by atoms with Crippen molar-refractivity contribution in [3.05, 3.63) is 61.5 Å². The molecule has 0 aliphatic rings. The van der Waals surface area contributed by atoms with E-state index in [0.717, 1.165) is 31.6 Å². The summed E-state index contributed by atoms with van der Waals surface area (Å²) < 4.78 is 2.13. The molecule has 0 aliphatic carbocycles. The van der Waals surface area contributed by atoms with Gasteiger partial charge in [-0.3, -0.25) is 0 Å². The molecule has 1 atom stereocenters. The number of rotatable bonds is 4. The summed E-state index contributed by atoms with van der Waals surface area (Å²) in [6, 6.07) is 12.7. The Morgan fingerprint density at radius 2 is 1.80 bits per heavy atom. The second-order valence-electron chi connectivity index (χ2n) is 4.74. The Balaban J connectivity index is 2.26. The molecular formula is C16H16Br2ClN. The third kappa shape index (κ3) is 3.78. The van der Waals surface area contributed by atoms with Crippen molar-refractivity contribution < 1.29 is 0 Å². The molecule has 4 heteroatoms. The van der Waals surface area contributed by atoms with E-state index in [1.54, 1.807) is 0 Å². The fraction of sp³-hybridized carbons (Fsp3) is 0.250. The molecule has 0 heterocycles. The third-order valence-corrected chi connectivity index (χ3v) is 4.85. The fourth-order valence-electron chi connectivity index (χ4n) is 2.06. The Morgan fingerprint density at radius 3 is 2.40 bits per heavy atom. The minimum Gasteiger partial charge on any atom is -0.377 e. The lowest BCUT2D eigenvalue weighted by atomic mass is 10.0. The van der Waals surface area contributed by atoms with E-state index in [-0.39, 0.29) is 6.04 Å². The molecule has 0 spiro atoms. The van der Waals surface area contributed by atoms with E-state index in [4.69, 9.17) is 11.6 Å². The molecule has 0 saturated heterocycles. The highest BCUT2D eigenvalue weighted by atomic mass is 79.9. The summed E-state index contributed by atoms with van der Waals surface area (Å²) in [7, 11) is 0. The zero-order chi connectivity index (χ0) is 14.7. The van der Waals surface area contributed by atoms with Gasteiger partial charge in [-0.15, -0.1) is 0 Å². The highest BCUT2D eigenvalue weighted by Gasteiger charge is 2.12. The van der Waals surface area contributed by atoms with Crippen LogP contribution in [0.1, 0.15) is 30.5 Å². The van der Waals surface area contributed by atoms with Crippen molar-refractivity contribution in [3.63, 3.8) is 0 Å². The average molecular weight is 418 g/mol. The van der Waals surface area contributed by atoms with E-state index in [1.165, 1.54) is 5.56 Å². The second-order valence-corrected chi connectivity index (χ2v) is 6.92. The molecule has 2 aromatic carbocycles. The first-order chi connectivity index (χ1) is 9.51. The first-order valence-corrected chi connectivity index (χ1v) is 8.45. The Kier molecular flexibility index (Phi) is 5.53. The Bertz CT molecular complexity index is 596. The van der Waals surface area contributed by atoms with Gasteiger partial charge < -0.3 is 5.32 Å². The Morgan fingerprint density at radius 1 is 1.15 bits per heavy atom. The fourth-order valence-corrected chi connectivity index (χ4v) is 3.06. The summed E-state index contributed by atoms with van der Waals surface area (Å²) in [6.45, 7) is 4.17. The van der Waals surface area contributed by atoms with E-state index in [9.17, 15) is 0 Å². The number of nitrogens with one attached hydrogen (secondary N) is 1. The summed E-state index contributed by atoms with van der Waals surface area (Å²) in [6.07, 6.45) is 1.000. The predicted molar refractivity (Wildman–Crippen MR) is 94.7 cm³/mol. The lowest BCUT2D eigenvalue weighted by Gasteiger charge is -2.20. The number of hydrogen-bond acceptors (Lipinski definition) is 1. The van der Waals surface area contributed by atoms with Gasteiger partial charge in [0.25, 0.3) is 0 Å². The van der Waals surface area contributed by atoms with Gasteiger partial charge in [0.1, 0.15) is 0 Å². The van der Waals surface area contributed by atoms with E-state index < -0.39 is 0 Å². The van der Waals surface area contributed by atoms with Crippen LogP contribution in [0.2, 0.25) is 5.02 Å². The maximum atomic E-state index is 6.21. The highest BCUT2D eigenvalue weighted by Crippen LogP contribution is 2.32. The van der Waals surface area contributed by atoms with Gasteiger partial charge in [-0.1, -0.05) is 46.6 Å². The van der Waals surface area contributed by atoms with E-state index in [1.807, 2.05) is 19.1 Å². The van der Waals surface area contributed by atoms with Gasteiger partial charge in [0, 0.05) is 14.0 Å². The first kappa shape index (κ1) is 15.9. The quantitative estimate of drug-likeness (QED) is 0.581. The normalized spacial score (nSPS) is 12.2. The highest BCUT2D eigenvalue weighted by molar-refractivity contribution is 9.10. The monoisotopic (exact) mass is 415 g/mol. The number of aryl methyl sites for hydroxylation is 1. The number of benzene rings is 2. The van der Waals surface area contributed by atoms with Crippen LogP contribution in [0.25, 0.3) is 0 Å². The van der Waals surface area contributed by atoms with Crippen LogP contribution in [0.3, 0.4) is 0 Å². The molecular weight excluding hydrogens is 401 g/mol. The molecule has 2 aromatic rings. The number of hydrogen-bond donors (Lipinski definition) is 1. The summed E-state index contributed by atoms with van der Waals surface area (Å²) in [5, 5.41) is 4.33. The van der Waals surface area contributed by atoms with Crippen molar-refractivity contribution in [2.75, 3.05) is 5.32 Å². The van der Waals surface area contributed by atoms with E-state index in [0.29, 0.717) is 0 Å². The van der Waals surface area contributed by atoms with Crippen molar-refractivity contribution in [2.24, 2.45) is 0 Å². The van der Waals surface area contributed by atoms with Crippen LogP contribution in [-0.2, 0) is 0 Å². The summed E-state index contributed by atoms with van der Waals surface area (Å²) in [4.78, 5) is 0. The summed E-state index contributed by atoms with van der Waals surface area (Å²) in [5.74, 6) is 0. The van der Waals surface area contributed by atoms with Gasteiger partial charge in [0.05, 0.1) is 11.7 Å². The van der Waals surface area contributed by atoms with Gasteiger partial charge in [-0.05, 0) is 64.7 Å². The minimum atomic E-state index is 0.262. The molecule has 0 radical (unpaired) electrons. The molecule has 1 N–H and O–H groups in total.